The molecule has 0 heterocycles. The number of hydrogen-bond donors (Lipinski definition) is 0. The van der Waals surface area contributed by atoms with Gasteiger partial charge in [-0.05, 0) is 25.0 Å². The van der Waals surface area contributed by atoms with Crippen LogP contribution in [-0.2, 0) is 4.74 Å². The van der Waals surface area contributed by atoms with Gasteiger partial charge in [-0.2, -0.15) is 0 Å². The summed E-state index contributed by atoms with van der Waals surface area (Å²) in [5.41, 5.74) is 2.55. The number of allylic oxidation sites excluding steroid dienone is 3. The van der Waals surface area contributed by atoms with E-state index in [4.69, 9.17) is 4.74 Å². The summed E-state index contributed by atoms with van der Waals surface area (Å²) >= 11 is 0. The van der Waals surface area contributed by atoms with Crippen LogP contribution in [0.25, 0.3) is 6.08 Å². The average molecular weight is 214 g/mol. The molecule has 0 radical (unpaired) electrons. The maximum absolute atomic E-state index is 4.95. The fourth-order valence-corrected chi connectivity index (χ4v) is 1.34. The largest absolute Gasteiger partial charge is 0.497 e. The first-order valence-electron chi connectivity index (χ1n) is 5.34. The predicted octanol–water partition coefficient (Wildman–Crippen LogP) is 4.20. The lowest BCUT2D eigenvalue weighted by atomic mass is 10.1. The van der Waals surface area contributed by atoms with Crippen LogP contribution in [-0.4, -0.2) is 7.11 Å². The van der Waals surface area contributed by atoms with Gasteiger partial charge in [-0.25, -0.2) is 0 Å². The highest BCUT2D eigenvalue weighted by atomic mass is 16.5. The van der Waals surface area contributed by atoms with Gasteiger partial charge in [0.15, 0.2) is 0 Å². The highest BCUT2D eigenvalue weighted by Crippen LogP contribution is 2.10. The maximum Gasteiger partial charge on any atom is 0.111 e. The van der Waals surface area contributed by atoms with Crippen molar-refractivity contribution in [3.63, 3.8) is 0 Å². The predicted molar refractivity (Wildman–Crippen MR) is 70.0 cm³/mol. The van der Waals surface area contributed by atoms with Crippen LogP contribution in [0.4, 0.5) is 0 Å². The summed E-state index contributed by atoms with van der Waals surface area (Å²) in [7, 11) is 1.62. The van der Waals surface area contributed by atoms with E-state index in [0.29, 0.717) is 5.76 Å². The summed E-state index contributed by atoms with van der Waals surface area (Å²) < 4.78 is 4.95. The molecule has 84 valence electrons. The summed E-state index contributed by atoms with van der Waals surface area (Å²) in [5, 5.41) is 0. The third kappa shape index (κ3) is 4.65. The van der Waals surface area contributed by atoms with Gasteiger partial charge >= 0.3 is 0 Å². The van der Waals surface area contributed by atoms with Crippen LogP contribution in [0, 0.1) is 0 Å². The van der Waals surface area contributed by atoms with Crippen molar-refractivity contribution in [2.75, 3.05) is 7.11 Å². The Hall–Kier alpha value is -1.76. The lowest BCUT2D eigenvalue weighted by Crippen LogP contribution is -1.79. The van der Waals surface area contributed by atoms with Gasteiger partial charge in [-0.3, -0.25) is 0 Å². The molecule has 1 aromatic carbocycles. The van der Waals surface area contributed by atoms with Crippen LogP contribution in [0.15, 0.2) is 60.4 Å². The number of benzene rings is 1. The Kier molecular flexibility index (Phi) is 5.13. The van der Waals surface area contributed by atoms with E-state index in [2.05, 4.69) is 37.8 Å². The van der Waals surface area contributed by atoms with Gasteiger partial charge in [0.1, 0.15) is 5.76 Å². The molecule has 16 heavy (non-hydrogen) atoms. The summed E-state index contributed by atoms with van der Waals surface area (Å²) in [6.07, 6.45) is 7.04. The second kappa shape index (κ2) is 6.67. The second-order valence-corrected chi connectivity index (χ2v) is 3.68. The van der Waals surface area contributed by atoms with Crippen molar-refractivity contribution in [2.45, 2.75) is 13.3 Å². The molecule has 0 saturated heterocycles. The molecule has 0 fully saturated rings. The van der Waals surface area contributed by atoms with Crippen LogP contribution in [0.3, 0.4) is 0 Å². The molecule has 1 rings (SSSR count). The minimum Gasteiger partial charge on any atom is -0.497 e. The highest BCUT2D eigenvalue weighted by molar-refractivity contribution is 5.52. The van der Waals surface area contributed by atoms with E-state index >= 15 is 0 Å². The van der Waals surface area contributed by atoms with Gasteiger partial charge in [-0.1, -0.05) is 54.6 Å². The van der Waals surface area contributed by atoms with E-state index in [9.17, 15) is 0 Å². The Morgan fingerprint density at radius 3 is 2.62 bits per heavy atom. The summed E-state index contributed by atoms with van der Waals surface area (Å²) in [5.74, 6) is 0.688. The van der Waals surface area contributed by atoms with Crippen LogP contribution in [0.5, 0.6) is 0 Å². The van der Waals surface area contributed by atoms with Crippen molar-refractivity contribution in [3.05, 3.63) is 66.0 Å². The SMILES string of the molecule is C=C(/C=C/C/C(C)=C/c1ccccc1)OC. The molecule has 0 bridgehead atoms. The van der Waals surface area contributed by atoms with Crippen LogP contribution < -0.4 is 0 Å². The normalized spacial score (nSPS) is 11.8. The van der Waals surface area contributed by atoms with E-state index < -0.39 is 0 Å². The number of rotatable bonds is 5. The van der Waals surface area contributed by atoms with Crippen molar-refractivity contribution in [2.24, 2.45) is 0 Å². The minimum atomic E-state index is 0.688. The van der Waals surface area contributed by atoms with E-state index in [1.807, 2.05) is 24.3 Å². The molecule has 0 N–H and O–H groups in total. The molecule has 0 amide bonds. The van der Waals surface area contributed by atoms with E-state index in [1.165, 1.54) is 11.1 Å². The standard InChI is InChI=1S/C15H18O/c1-13(8-7-9-14(2)16-3)12-15-10-5-4-6-11-15/h4-7,9-12H,2,8H2,1,3H3/b9-7+,13-12+. The lowest BCUT2D eigenvalue weighted by Gasteiger charge is -1.98. The zero-order valence-electron chi connectivity index (χ0n) is 9.94. The molecule has 0 aromatic heterocycles. The summed E-state index contributed by atoms with van der Waals surface area (Å²) in [4.78, 5) is 0. The van der Waals surface area contributed by atoms with Crippen LogP contribution >= 0.6 is 0 Å². The molecule has 0 aliphatic heterocycles. The molecule has 0 spiro atoms. The van der Waals surface area contributed by atoms with Gasteiger partial charge in [0.2, 0.25) is 0 Å². The Balaban J connectivity index is 2.53. The molecule has 0 unspecified atom stereocenters. The molecule has 1 heteroatoms. The fourth-order valence-electron chi connectivity index (χ4n) is 1.34. The summed E-state index contributed by atoms with van der Waals surface area (Å²) in [6, 6.07) is 10.3. The second-order valence-electron chi connectivity index (χ2n) is 3.68. The fraction of sp³-hybridized carbons (Fsp3) is 0.200. The van der Waals surface area contributed by atoms with Crippen molar-refractivity contribution in [1.29, 1.82) is 0 Å². The maximum atomic E-state index is 4.95. The topological polar surface area (TPSA) is 9.23 Å². The van der Waals surface area contributed by atoms with Crippen molar-refractivity contribution >= 4 is 6.08 Å². The number of ether oxygens (including phenoxy) is 1. The van der Waals surface area contributed by atoms with Crippen molar-refractivity contribution < 1.29 is 4.74 Å². The Labute approximate surface area is 97.8 Å². The Morgan fingerprint density at radius 1 is 1.31 bits per heavy atom. The van der Waals surface area contributed by atoms with Crippen LogP contribution in [0.2, 0.25) is 0 Å². The van der Waals surface area contributed by atoms with E-state index in [1.54, 1.807) is 7.11 Å². The molecule has 1 nitrogen and oxygen atoms in total. The smallest absolute Gasteiger partial charge is 0.111 e. The van der Waals surface area contributed by atoms with Crippen molar-refractivity contribution in [1.82, 2.24) is 0 Å². The van der Waals surface area contributed by atoms with Crippen molar-refractivity contribution in [3.8, 4) is 0 Å². The first-order chi connectivity index (χ1) is 7.72. The molecular formula is C15H18O. The zero-order chi connectivity index (χ0) is 11.8. The molecule has 0 aliphatic carbocycles. The van der Waals surface area contributed by atoms with E-state index in [0.717, 1.165) is 6.42 Å². The number of hydrogen-bond acceptors (Lipinski definition) is 1. The molecule has 0 saturated carbocycles. The third-order valence-corrected chi connectivity index (χ3v) is 2.22. The van der Waals surface area contributed by atoms with Gasteiger partial charge in [0, 0.05) is 0 Å². The molecule has 0 aliphatic rings. The van der Waals surface area contributed by atoms with E-state index in [-0.39, 0.29) is 0 Å². The lowest BCUT2D eigenvalue weighted by molar-refractivity contribution is 0.308. The first kappa shape index (κ1) is 12.3. The molecule has 0 atom stereocenters. The van der Waals surface area contributed by atoms with Crippen LogP contribution in [0.1, 0.15) is 18.9 Å². The minimum absolute atomic E-state index is 0.688. The quantitative estimate of drug-likeness (QED) is 0.527. The third-order valence-electron chi connectivity index (χ3n) is 2.22. The monoisotopic (exact) mass is 214 g/mol. The zero-order valence-corrected chi connectivity index (χ0v) is 9.94. The first-order valence-corrected chi connectivity index (χ1v) is 5.34. The van der Waals surface area contributed by atoms with Gasteiger partial charge in [-0.15, -0.1) is 0 Å². The summed E-state index contributed by atoms with van der Waals surface area (Å²) in [6.45, 7) is 5.84. The van der Waals surface area contributed by atoms with Gasteiger partial charge in [0.05, 0.1) is 7.11 Å². The Morgan fingerprint density at radius 2 is 2.00 bits per heavy atom. The van der Waals surface area contributed by atoms with Gasteiger partial charge < -0.3 is 4.74 Å². The van der Waals surface area contributed by atoms with Gasteiger partial charge in [0.25, 0.3) is 0 Å². The Bertz CT molecular complexity index is 385. The molecule has 1 aromatic rings. The number of methoxy groups -OCH3 is 1. The molecular weight excluding hydrogens is 196 g/mol. The highest BCUT2D eigenvalue weighted by Gasteiger charge is 1.89. The average Bonchev–Trinajstić information content (AvgIpc) is 2.30.